The highest BCUT2D eigenvalue weighted by atomic mass is 32.1. The van der Waals surface area contributed by atoms with Crippen LogP contribution in [0.4, 0.5) is 9.18 Å². The third kappa shape index (κ3) is 4.66. The Kier molecular flexibility index (Phi) is 5.92. The first kappa shape index (κ1) is 17.2. The lowest BCUT2D eigenvalue weighted by molar-refractivity contribution is 0.237. The molecule has 124 valence electrons. The molecule has 0 bridgehead atoms. The molecule has 2 rings (SSSR count). The summed E-state index contributed by atoms with van der Waals surface area (Å²) in [5.74, 6) is -0.110. The number of aromatic nitrogens is 1. The van der Waals surface area contributed by atoms with Crippen molar-refractivity contribution in [2.45, 2.75) is 25.8 Å². The predicted molar refractivity (Wildman–Crippen MR) is 88.4 cm³/mol. The summed E-state index contributed by atoms with van der Waals surface area (Å²) in [4.78, 5) is 16.2. The second-order valence-corrected chi connectivity index (χ2v) is 6.17. The molecule has 7 heteroatoms. The number of rotatable bonds is 6. The number of ether oxygens (including phenoxy) is 1. The fourth-order valence-corrected chi connectivity index (χ4v) is 2.79. The van der Waals surface area contributed by atoms with Gasteiger partial charge in [-0.2, -0.15) is 0 Å². The molecular formula is C16H20FN3O2S. The van der Waals surface area contributed by atoms with Gasteiger partial charge in [0.05, 0.1) is 18.2 Å². The van der Waals surface area contributed by atoms with Crippen LogP contribution < -0.4 is 15.4 Å². The van der Waals surface area contributed by atoms with Crippen molar-refractivity contribution in [1.82, 2.24) is 15.6 Å². The van der Waals surface area contributed by atoms with Gasteiger partial charge in [0.1, 0.15) is 0 Å². The van der Waals surface area contributed by atoms with Crippen LogP contribution in [0.2, 0.25) is 0 Å². The van der Waals surface area contributed by atoms with Gasteiger partial charge in [-0.3, -0.25) is 0 Å². The van der Waals surface area contributed by atoms with Gasteiger partial charge in [-0.15, -0.1) is 11.3 Å². The van der Waals surface area contributed by atoms with Gasteiger partial charge in [0.2, 0.25) is 0 Å². The zero-order chi connectivity index (χ0) is 16.8. The number of nitrogens with one attached hydrogen (secondary N) is 2. The number of thiazole rings is 1. The van der Waals surface area contributed by atoms with Gasteiger partial charge in [-0.1, -0.05) is 13.0 Å². The van der Waals surface area contributed by atoms with Crippen LogP contribution in [0.1, 0.15) is 36.4 Å². The molecule has 2 amide bonds. The largest absolute Gasteiger partial charge is 0.494 e. The monoisotopic (exact) mass is 337 g/mol. The van der Waals surface area contributed by atoms with E-state index < -0.39 is 5.82 Å². The van der Waals surface area contributed by atoms with E-state index in [1.807, 2.05) is 19.2 Å². The summed E-state index contributed by atoms with van der Waals surface area (Å²) in [6.07, 6.45) is 1.75. The first-order valence-electron chi connectivity index (χ1n) is 7.28. The smallest absolute Gasteiger partial charge is 0.315 e. The van der Waals surface area contributed by atoms with Gasteiger partial charge in [-0.25, -0.2) is 14.2 Å². The molecule has 2 N–H and O–H groups in total. The van der Waals surface area contributed by atoms with Crippen molar-refractivity contribution >= 4 is 17.4 Å². The lowest BCUT2D eigenvalue weighted by atomic mass is 10.1. The molecule has 0 aliphatic heterocycles. The summed E-state index contributed by atoms with van der Waals surface area (Å²) >= 11 is 1.57. The second-order valence-electron chi connectivity index (χ2n) is 5.24. The number of methoxy groups -OCH3 is 1. The van der Waals surface area contributed by atoms with Crippen LogP contribution in [0, 0.1) is 5.82 Å². The molecular weight excluding hydrogens is 317 g/mol. The summed E-state index contributed by atoms with van der Waals surface area (Å²) in [5, 5.41) is 8.55. The topological polar surface area (TPSA) is 63.2 Å². The number of carbonyl (C=O) groups excluding carboxylic acids is 1. The van der Waals surface area contributed by atoms with Gasteiger partial charge in [-0.05, 0) is 24.6 Å². The van der Waals surface area contributed by atoms with E-state index in [0.717, 1.165) is 10.6 Å². The zero-order valence-electron chi connectivity index (χ0n) is 13.3. The van der Waals surface area contributed by atoms with Crippen molar-refractivity contribution < 1.29 is 13.9 Å². The lowest BCUT2D eigenvalue weighted by Gasteiger charge is -2.17. The predicted octanol–water partition coefficient (Wildman–Crippen LogP) is 3.45. The maximum absolute atomic E-state index is 13.4. The third-order valence-corrected chi connectivity index (χ3v) is 4.47. The quantitative estimate of drug-likeness (QED) is 0.848. The molecule has 0 aliphatic carbocycles. The number of benzene rings is 1. The summed E-state index contributed by atoms with van der Waals surface area (Å²) in [5.41, 5.74) is 0.770. The number of amides is 2. The van der Waals surface area contributed by atoms with Gasteiger partial charge in [0.15, 0.2) is 11.6 Å². The van der Waals surface area contributed by atoms with Crippen molar-refractivity contribution in [3.8, 4) is 5.75 Å². The third-order valence-electron chi connectivity index (χ3n) is 3.46. The standard InChI is InChI=1S/C16H20FN3O2S/c1-10(15-18-6-7-23-15)9-19-16(21)20-11(2)12-4-5-13(17)14(8-12)22-3/h4-8,10-11H,9H2,1-3H3,(H2,19,20,21)/t10-,11-/m0/s1. The summed E-state index contributed by atoms with van der Waals surface area (Å²) in [7, 11) is 1.41. The highest BCUT2D eigenvalue weighted by Crippen LogP contribution is 2.22. The van der Waals surface area contributed by atoms with Gasteiger partial charge in [0.25, 0.3) is 0 Å². The number of urea groups is 1. The molecule has 0 fully saturated rings. The highest BCUT2D eigenvalue weighted by molar-refractivity contribution is 7.09. The Morgan fingerprint density at radius 3 is 2.87 bits per heavy atom. The summed E-state index contributed by atoms with van der Waals surface area (Å²) in [6.45, 7) is 4.34. The van der Waals surface area contributed by atoms with E-state index in [0.29, 0.717) is 6.54 Å². The van der Waals surface area contributed by atoms with Gasteiger partial charge < -0.3 is 15.4 Å². The molecule has 1 aromatic heterocycles. The fraction of sp³-hybridized carbons (Fsp3) is 0.375. The van der Waals surface area contributed by atoms with E-state index >= 15 is 0 Å². The maximum atomic E-state index is 13.4. The number of nitrogens with zero attached hydrogens (tertiary/aromatic N) is 1. The van der Waals surface area contributed by atoms with Crippen LogP contribution in [-0.4, -0.2) is 24.7 Å². The fourth-order valence-electron chi connectivity index (χ4n) is 2.09. The van der Waals surface area contributed by atoms with E-state index in [2.05, 4.69) is 15.6 Å². The SMILES string of the molecule is COc1cc([C@H](C)NC(=O)NC[C@H](C)c2nccs2)ccc1F. The number of hydrogen-bond acceptors (Lipinski definition) is 4. The van der Waals surface area contributed by atoms with Crippen LogP contribution in [0.3, 0.4) is 0 Å². The maximum Gasteiger partial charge on any atom is 0.315 e. The van der Waals surface area contributed by atoms with Crippen LogP contribution in [-0.2, 0) is 0 Å². The molecule has 2 aromatic rings. The minimum Gasteiger partial charge on any atom is -0.494 e. The molecule has 0 spiro atoms. The molecule has 0 aliphatic rings. The van der Waals surface area contributed by atoms with Crippen LogP contribution >= 0.6 is 11.3 Å². The van der Waals surface area contributed by atoms with Crippen molar-refractivity contribution in [3.63, 3.8) is 0 Å². The molecule has 23 heavy (non-hydrogen) atoms. The zero-order valence-corrected chi connectivity index (χ0v) is 14.1. The summed E-state index contributed by atoms with van der Waals surface area (Å²) in [6, 6.07) is 4.00. The number of halogens is 1. The Labute approximate surface area is 138 Å². The Bertz CT molecular complexity index is 649. The van der Waals surface area contributed by atoms with Crippen molar-refractivity contribution in [3.05, 3.63) is 46.2 Å². The molecule has 5 nitrogen and oxygen atoms in total. The number of hydrogen-bond donors (Lipinski definition) is 2. The Morgan fingerprint density at radius 2 is 2.22 bits per heavy atom. The van der Waals surface area contributed by atoms with Crippen LogP contribution in [0.5, 0.6) is 5.75 Å². The van der Waals surface area contributed by atoms with Gasteiger partial charge >= 0.3 is 6.03 Å². The van der Waals surface area contributed by atoms with Crippen molar-refractivity contribution in [2.75, 3.05) is 13.7 Å². The van der Waals surface area contributed by atoms with Crippen molar-refractivity contribution in [1.29, 1.82) is 0 Å². The number of carbonyl (C=O) groups is 1. The minimum atomic E-state index is -0.426. The first-order valence-corrected chi connectivity index (χ1v) is 8.16. The van der Waals surface area contributed by atoms with E-state index in [1.54, 1.807) is 29.7 Å². The van der Waals surface area contributed by atoms with Gasteiger partial charge in [0, 0.05) is 24.0 Å². The minimum absolute atomic E-state index is 0.155. The van der Waals surface area contributed by atoms with E-state index in [9.17, 15) is 9.18 Å². The molecule has 0 unspecified atom stereocenters. The normalized spacial score (nSPS) is 13.2. The van der Waals surface area contributed by atoms with Crippen LogP contribution in [0.25, 0.3) is 0 Å². The average molecular weight is 337 g/mol. The van der Waals surface area contributed by atoms with E-state index in [-0.39, 0.29) is 23.7 Å². The molecule has 1 heterocycles. The van der Waals surface area contributed by atoms with Crippen molar-refractivity contribution in [2.24, 2.45) is 0 Å². The average Bonchev–Trinajstić information content (AvgIpc) is 3.07. The first-order chi connectivity index (χ1) is 11.0. The summed E-state index contributed by atoms with van der Waals surface area (Å²) < 4.78 is 18.4. The molecule has 2 atom stereocenters. The molecule has 0 saturated carbocycles. The second kappa shape index (κ2) is 7.92. The Hall–Kier alpha value is -2.15. The van der Waals surface area contributed by atoms with E-state index in [4.69, 9.17) is 4.74 Å². The van der Waals surface area contributed by atoms with E-state index in [1.165, 1.54) is 13.2 Å². The molecule has 1 aromatic carbocycles. The molecule has 0 saturated heterocycles. The molecule has 0 radical (unpaired) electrons. The Morgan fingerprint density at radius 1 is 1.43 bits per heavy atom. The van der Waals surface area contributed by atoms with Crippen LogP contribution in [0.15, 0.2) is 29.8 Å². The highest BCUT2D eigenvalue weighted by Gasteiger charge is 2.14. The Balaban J connectivity index is 1.87. The lowest BCUT2D eigenvalue weighted by Crippen LogP contribution is -2.38.